The van der Waals surface area contributed by atoms with Gasteiger partial charge < -0.3 is 14.6 Å². The van der Waals surface area contributed by atoms with E-state index >= 15 is 0 Å². The number of aromatic nitrogens is 2. The molecule has 1 aliphatic rings. The first-order chi connectivity index (χ1) is 13.6. The molecular formula is C21H21ClF3N3O. The minimum atomic E-state index is -4.51. The van der Waals surface area contributed by atoms with E-state index in [1.165, 1.54) is 11.6 Å². The van der Waals surface area contributed by atoms with E-state index < -0.39 is 17.5 Å². The first-order valence-electron chi connectivity index (χ1n) is 9.30. The van der Waals surface area contributed by atoms with Crippen LogP contribution in [0.1, 0.15) is 29.4 Å². The Labute approximate surface area is 171 Å². The van der Waals surface area contributed by atoms with Crippen LogP contribution in [-0.2, 0) is 31.3 Å². The van der Waals surface area contributed by atoms with Crippen LogP contribution in [0.3, 0.4) is 0 Å². The van der Waals surface area contributed by atoms with Crippen LogP contribution in [0.5, 0.6) is 0 Å². The van der Waals surface area contributed by atoms with Crippen molar-refractivity contribution in [1.82, 2.24) is 14.5 Å². The zero-order valence-corrected chi connectivity index (χ0v) is 16.8. The number of hydrogen-bond acceptors (Lipinski definition) is 3. The molecule has 0 aliphatic carbocycles. The summed E-state index contributed by atoms with van der Waals surface area (Å²) in [5, 5.41) is 12.8. The summed E-state index contributed by atoms with van der Waals surface area (Å²) in [6.07, 6.45) is -2.59. The zero-order valence-electron chi connectivity index (χ0n) is 16.1. The Morgan fingerprint density at radius 1 is 1.21 bits per heavy atom. The molecule has 8 heteroatoms. The Morgan fingerprint density at radius 3 is 2.62 bits per heavy atom. The van der Waals surface area contributed by atoms with Crippen molar-refractivity contribution >= 4 is 22.5 Å². The number of benzene rings is 1. The summed E-state index contributed by atoms with van der Waals surface area (Å²) in [7, 11) is 2.06. The molecule has 0 saturated carbocycles. The molecule has 0 radical (unpaired) electrons. The largest absolute Gasteiger partial charge is 0.433 e. The molecule has 3 aromatic rings. The molecule has 2 aromatic heterocycles. The van der Waals surface area contributed by atoms with Crippen LogP contribution >= 0.6 is 11.6 Å². The lowest BCUT2D eigenvalue weighted by molar-refractivity contribution is -0.141. The third-order valence-electron chi connectivity index (χ3n) is 5.55. The lowest BCUT2D eigenvalue weighted by Gasteiger charge is -2.29. The van der Waals surface area contributed by atoms with Crippen molar-refractivity contribution in [2.75, 3.05) is 13.6 Å². The number of likely N-dealkylation sites (N-methyl/N-ethyl adjacent to an activating group) is 1. The highest BCUT2D eigenvalue weighted by molar-refractivity contribution is 6.31. The van der Waals surface area contributed by atoms with Gasteiger partial charge in [0.2, 0.25) is 0 Å². The maximum absolute atomic E-state index is 12.8. The Balaban J connectivity index is 1.75. The summed E-state index contributed by atoms with van der Waals surface area (Å²) in [5.41, 5.74) is 1.23. The van der Waals surface area contributed by atoms with Crippen molar-refractivity contribution in [2.24, 2.45) is 0 Å². The normalized spacial score (nSPS) is 17.3. The van der Waals surface area contributed by atoms with E-state index in [0.29, 0.717) is 10.6 Å². The van der Waals surface area contributed by atoms with Gasteiger partial charge in [-0.3, -0.25) is 4.98 Å². The molecule has 0 fully saturated rings. The minimum Gasteiger partial charge on any atom is -0.384 e. The van der Waals surface area contributed by atoms with Gasteiger partial charge in [0, 0.05) is 52.9 Å². The molecule has 0 saturated heterocycles. The average molecular weight is 424 g/mol. The number of alkyl halides is 3. The molecule has 0 amide bonds. The molecule has 0 spiro atoms. The van der Waals surface area contributed by atoms with E-state index in [9.17, 15) is 18.3 Å². The van der Waals surface area contributed by atoms with E-state index in [4.69, 9.17) is 11.6 Å². The molecule has 0 bridgehead atoms. The van der Waals surface area contributed by atoms with Crippen LogP contribution in [0.2, 0.25) is 5.02 Å². The standard InChI is InChI=1S/C21H21ClF3N3O/c1-20(29,13-3-6-19(26-10-13)21(23,24)25)12-28-17-5-4-14(22)9-15(17)16-11-27(2)8-7-18(16)28/h3-6,9-10,29H,7-8,11-12H2,1-2H3. The van der Waals surface area contributed by atoms with Gasteiger partial charge in [-0.15, -0.1) is 0 Å². The smallest absolute Gasteiger partial charge is 0.384 e. The summed E-state index contributed by atoms with van der Waals surface area (Å²) in [6.45, 7) is 3.47. The summed E-state index contributed by atoms with van der Waals surface area (Å²) in [6, 6.07) is 7.86. The maximum Gasteiger partial charge on any atom is 0.433 e. The number of halogens is 4. The van der Waals surface area contributed by atoms with Crippen LogP contribution in [0.15, 0.2) is 36.5 Å². The zero-order chi connectivity index (χ0) is 21.0. The van der Waals surface area contributed by atoms with Crippen molar-refractivity contribution in [3.8, 4) is 0 Å². The highest BCUT2D eigenvalue weighted by Crippen LogP contribution is 2.35. The first kappa shape index (κ1) is 20.2. The summed E-state index contributed by atoms with van der Waals surface area (Å²) >= 11 is 6.22. The quantitative estimate of drug-likeness (QED) is 0.669. The van der Waals surface area contributed by atoms with Crippen molar-refractivity contribution < 1.29 is 18.3 Å². The maximum atomic E-state index is 12.8. The Hall–Kier alpha value is -2.09. The molecule has 1 N–H and O–H groups in total. The van der Waals surface area contributed by atoms with Crippen LogP contribution in [0.25, 0.3) is 10.9 Å². The fourth-order valence-electron chi connectivity index (χ4n) is 4.02. The van der Waals surface area contributed by atoms with Crippen LogP contribution in [0.4, 0.5) is 13.2 Å². The number of nitrogens with zero attached hydrogens (tertiary/aromatic N) is 3. The van der Waals surface area contributed by atoms with Crippen LogP contribution in [-0.4, -0.2) is 33.1 Å². The number of rotatable bonds is 3. The van der Waals surface area contributed by atoms with Gasteiger partial charge in [-0.25, -0.2) is 0 Å². The van der Waals surface area contributed by atoms with Gasteiger partial charge in [-0.05, 0) is 43.8 Å². The number of aliphatic hydroxyl groups is 1. The van der Waals surface area contributed by atoms with Crippen molar-refractivity contribution in [2.45, 2.75) is 38.2 Å². The molecule has 1 aromatic carbocycles. The van der Waals surface area contributed by atoms with E-state index in [1.54, 1.807) is 6.92 Å². The average Bonchev–Trinajstić information content (AvgIpc) is 2.93. The fourth-order valence-corrected chi connectivity index (χ4v) is 4.19. The monoisotopic (exact) mass is 423 g/mol. The molecule has 4 nitrogen and oxygen atoms in total. The molecule has 1 atom stereocenters. The topological polar surface area (TPSA) is 41.3 Å². The summed E-state index contributed by atoms with van der Waals surface area (Å²) in [5.74, 6) is 0. The summed E-state index contributed by atoms with van der Waals surface area (Å²) < 4.78 is 40.5. The number of hydrogen-bond donors (Lipinski definition) is 1. The number of pyridine rings is 1. The lowest BCUT2D eigenvalue weighted by atomic mass is 9.97. The van der Waals surface area contributed by atoms with E-state index in [2.05, 4.69) is 21.5 Å². The Kier molecular flexibility index (Phi) is 4.88. The second-order valence-corrected chi connectivity index (χ2v) is 8.30. The molecule has 4 rings (SSSR count). The van der Waals surface area contributed by atoms with Gasteiger partial charge in [-0.1, -0.05) is 17.7 Å². The van der Waals surface area contributed by atoms with Crippen molar-refractivity contribution in [1.29, 1.82) is 0 Å². The molecule has 1 aliphatic heterocycles. The van der Waals surface area contributed by atoms with Gasteiger partial charge in [0.05, 0.1) is 6.54 Å². The second-order valence-electron chi connectivity index (χ2n) is 7.86. The van der Waals surface area contributed by atoms with Gasteiger partial charge in [-0.2, -0.15) is 13.2 Å². The van der Waals surface area contributed by atoms with Gasteiger partial charge in [0.25, 0.3) is 0 Å². The molecule has 154 valence electrons. The lowest BCUT2D eigenvalue weighted by Crippen LogP contribution is -2.31. The van der Waals surface area contributed by atoms with Crippen molar-refractivity contribution in [3.05, 3.63) is 64.1 Å². The van der Waals surface area contributed by atoms with Gasteiger partial charge in [0.1, 0.15) is 11.3 Å². The predicted octanol–water partition coefficient (Wildman–Crippen LogP) is 4.60. The van der Waals surface area contributed by atoms with Crippen LogP contribution in [0, 0.1) is 0 Å². The molecule has 3 heterocycles. The van der Waals surface area contributed by atoms with E-state index in [-0.39, 0.29) is 6.54 Å². The third kappa shape index (κ3) is 3.74. The second kappa shape index (κ2) is 7.00. The molecule has 1 unspecified atom stereocenters. The van der Waals surface area contributed by atoms with Crippen molar-refractivity contribution in [3.63, 3.8) is 0 Å². The van der Waals surface area contributed by atoms with E-state index in [0.717, 1.165) is 48.4 Å². The summed E-state index contributed by atoms with van der Waals surface area (Å²) in [4.78, 5) is 5.73. The first-order valence-corrected chi connectivity index (χ1v) is 9.68. The predicted molar refractivity (Wildman–Crippen MR) is 106 cm³/mol. The van der Waals surface area contributed by atoms with Gasteiger partial charge in [0.15, 0.2) is 0 Å². The van der Waals surface area contributed by atoms with E-state index in [1.807, 2.05) is 18.2 Å². The highest BCUT2D eigenvalue weighted by atomic mass is 35.5. The molecule has 29 heavy (non-hydrogen) atoms. The van der Waals surface area contributed by atoms with Gasteiger partial charge >= 0.3 is 6.18 Å². The Bertz CT molecular complexity index is 1060. The number of fused-ring (bicyclic) bond motifs is 3. The fraction of sp³-hybridized carbons (Fsp3) is 0.381. The molecular weight excluding hydrogens is 403 g/mol. The Morgan fingerprint density at radius 2 is 1.97 bits per heavy atom. The minimum absolute atomic E-state index is 0.206. The highest BCUT2D eigenvalue weighted by Gasteiger charge is 2.34. The third-order valence-corrected chi connectivity index (χ3v) is 5.78. The van der Waals surface area contributed by atoms with Crippen LogP contribution < -0.4 is 0 Å². The SMILES string of the molecule is CN1CCc2c(c3cc(Cl)ccc3n2CC(C)(O)c2ccc(C(F)(F)F)nc2)C1.